The Bertz CT molecular complexity index is 887. The van der Waals surface area contributed by atoms with Gasteiger partial charge < -0.3 is 26.1 Å². The Labute approximate surface area is 195 Å². The third-order valence-corrected chi connectivity index (χ3v) is 6.00. The number of hydrogen-bond acceptors (Lipinski definition) is 7. The Balaban J connectivity index is 0.000000238. The van der Waals surface area contributed by atoms with E-state index in [-0.39, 0.29) is 17.7 Å². The molecule has 9 heteroatoms. The number of nitrogens with zero attached hydrogens (tertiary/aromatic N) is 2. The van der Waals surface area contributed by atoms with Crippen molar-refractivity contribution in [1.29, 1.82) is 0 Å². The van der Waals surface area contributed by atoms with Crippen molar-refractivity contribution in [3.05, 3.63) is 54.2 Å². The third kappa shape index (κ3) is 7.80. The standard InChI is InChI=1S/C15H20N2O.C9H17N3O3/c1-3-15(18,4-2)12-17-14(10-11-16-17)13-8-6-5-7-9-13;10-8(7(12-11)9(13)14)15-6-4-2-1-3-5-6/h5-11,18H,3-4,12H2,1-2H3;6,12H,1-5,10-11H2,(H,13,14)/b;8-7+. The molecule has 1 heterocycles. The summed E-state index contributed by atoms with van der Waals surface area (Å²) in [6, 6.07) is 12.1. The van der Waals surface area contributed by atoms with E-state index in [2.05, 4.69) is 17.2 Å². The number of carboxylic acids is 1. The minimum Gasteiger partial charge on any atom is -0.476 e. The van der Waals surface area contributed by atoms with Crippen LogP contribution < -0.4 is 17.0 Å². The van der Waals surface area contributed by atoms with E-state index in [1.165, 1.54) is 6.42 Å². The highest BCUT2D eigenvalue weighted by Gasteiger charge is 2.24. The SMILES string of the molecule is CCC(O)(CC)Cn1nccc1-c1ccccc1.NN/C(C(=O)O)=C(\N)OC1CCCCC1. The zero-order chi connectivity index (χ0) is 24.3. The summed E-state index contributed by atoms with van der Waals surface area (Å²) in [5.74, 6) is 3.67. The van der Waals surface area contributed by atoms with Gasteiger partial charge in [0.05, 0.1) is 17.8 Å². The molecule has 9 nitrogen and oxygen atoms in total. The second kappa shape index (κ2) is 12.9. The Morgan fingerprint density at radius 2 is 1.82 bits per heavy atom. The molecule has 1 aliphatic carbocycles. The number of aromatic nitrogens is 2. The summed E-state index contributed by atoms with van der Waals surface area (Å²) in [6.45, 7) is 4.56. The maximum atomic E-state index is 10.7. The average molecular weight is 460 g/mol. The second-order valence-corrected chi connectivity index (χ2v) is 8.24. The van der Waals surface area contributed by atoms with E-state index in [4.69, 9.17) is 21.4 Å². The molecule has 0 spiro atoms. The van der Waals surface area contributed by atoms with Crippen LogP contribution in [0.15, 0.2) is 54.2 Å². The van der Waals surface area contributed by atoms with Gasteiger partial charge in [-0.1, -0.05) is 50.6 Å². The third-order valence-electron chi connectivity index (χ3n) is 6.00. The summed E-state index contributed by atoms with van der Waals surface area (Å²) < 4.78 is 7.23. The molecule has 0 atom stereocenters. The second-order valence-electron chi connectivity index (χ2n) is 8.24. The molecule has 1 saturated carbocycles. The summed E-state index contributed by atoms with van der Waals surface area (Å²) in [4.78, 5) is 10.7. The van der Waals surface area contributed by atoms with Gasteiger partial charge in [0.1, 0.15) is 6.10 Å². The number of carbonyl (C=O) groups is 1. The first-order valence-electron chi connectivity index (χ1n) is 11.5. The van der Waals surface area contributed by atoms with Crippen LogP contribution >= 0.6 is 0 Å². The lowest BCUT2D eigenvalue weighted by atomic mass is 9.97. The summed E-state index contributed by atoms with van der Waals surface area (Å²) in [5, 5.41) is 23.5. The monoisotopic (exact) mass is 459 g/mol. The molecular weight excluding hydrogens is 422 g/mol. The number of nitrogens with two attached hydrogens (primary N) is 2. The maximum absolute atomic E-state index is 10.7. The fraction of sp³-hybridized carbons (Fsp3) is 0.500. The highest BCUT2D eigenvalue weighted by Crippen LogP contribution is 2.23. The van der Waals surface area contributed by atoms with Crippen molar-refractivity contribution in [2.24, 2.45) is 11.6 Å². The van der Waals surface area contributed by atoms with Gasteiger partial charge in [-0.15, -0.1) is 0 Å². The zero-order valence-corrected chi connectivity index (χ0v) is 19.5. The topological polar surface area (TPSA) is 149 Å². The number of benzene rings is 1. The molecule has 0 radical (unpaired) electrons. The molecule has 0 unspecified atom stereocenters. The molecule has 0 saturated heterocycles. The summed E-state index contributed by atoms with van der Waals surface area (Å²) >= 11 is 0. The number of aliphatic hydroxyl groups is 1. The predicted molar refractivity (Wildman–Crippen MR) is 127 cm³/mol. The lowest BCUT2D eigenvalue weighted by Crippen LogP contribution is -2.33. The molecule has 1 fully saturated rings. The van der Waals surface area contributed by atoms with Crippen LogP contribution in [0.3, 0.4) is 0 Å². The molecule has 2 aromatic rings. The van der Waals surface area contributed by atoms with E-state index < -0.39 is 11.6 Å². The van der Waals surface area contributed by atoms with E-state index in [0.29, 0.717) is 6.54 Å². The molecule has 7 N–H and O–H groups in total. The van der Waals surface area contributed by atoms with Gasteiger partial charge in [0.2, 0.25) is 5.88 Å². The molecule has 33 heavy (non-hydrogen) atoms. The van der Waals surface area contributed by atoms with Crippen molar-refractivity contribution in [2.75, 3.05) is 0 Å². The van der Waals surface area contributed by atoms with E-state index in [1.54, 1.807) is 6.20 Å². The normalized spacial score (nSPS) is 15.2. The van der Waals surface area contributed by atoms with Gasteiger partial charge in [-0.05, 0) is 50.2 Å². The van der Waals surface area contributed by atoms with Crippen LogP contribution in [-0.2, 0) is 16.1 Å². The fourth-order valence-corrected chi connectivity index (χ4v) is 3.72. The largest absolute Gasteiger partial charge is 0.476 e. The zero-order valence-electron chi connectivity index (χ0n) is 19.5. The molecule has 1 aliphatic rings. The molecular formula is C24H37N5O4. The molecule has 1 aromatic carbocycles. The molecule has 1 aromatic heterocycles. The molecule has 182 valence electrons. The summed E-state index contributed by atoms with van der Waals surface area (Å²) in [6.07, 6.45) is 8.48. The number of carboxylic acid groups (broad SMARTS) is 1. The van der Waals surface area contributed by atoms with Gasteiger partial charge in [-0.2, -0.15) is 5.10 Å². The van der Waals surface area contributed by atoms with Gasteiger partial charge in [-0.25, -0.2) is 4.79 Å². The highest BCUT2D eigenvalue weighted by atomic mass is 16.5. The van der Waals surface area contributed by atoms with E-state index >= 15 is 0 Å². The number of rotatable bonds is 9. The first kappa shape index (κ1) is 26.2. The molecule has 0 aliphatic heterocycles. The van der Waals surface area contributed by atoms with Crippen molar-refractivity contribution in [3.8, 4) is 11.3 Å². The van der Waals surface area contributed by atoms with Crippen LogP contribution in [0, 0.1) is 0 Å². The number of nitrogens with one attached hydrogen (secondary N) is 1. The van der Waals surface area contributed by atoms with E-state index in [1.807, 2.05) is 48.2 Å². The summed E-state index contributed by atoms with van der Waals surface area (Å²) in [7, 11) is 0. The predicted octanol–water partition coefficient (Wildman–Crippen LogP) is 3.11. The van der Waals surface area contributed by atoms with Gasteiger partial charge in [0.15, 0.2) is 5.70 Å². The number of hydrazine groups is 1. The number of aliphatic carboxylic acids is 1. The van der Waals surface area contributed by atoms with Crippen LogP contribution in [-0.4, -0.2) is 37.7 Å². The van der Waals surface area contributed by atoms with Crippen molar-refractivity contribution in [3.63, 3.8) is 0 Å². The average Bonchev–Trinajstić information content (AvgIpc) is 3.28. The maximum Gasteiger partial charge on any atom is 0.358 e. The quantitative estimate of drug-likeness (QED) is 0.166. The van der Waals surface area contributed by atoms with Crippen LogP contribution in [0.2, 0.25) is 0 Å². The van der Waals surface area contributed by atoms with Gasteiger partial charge in [0, 0.05) is 6.20 Å². The Morgan fingerprint density at radius 3 is 2.36 bits per heavy atom. The van der Waals surface area contributed by atoms with Crippen LogP contribution in [0.4, 0.5) is 0 Å². The highest BCUT2D eigenvalue weighted by molar-refractivity contribution is 5.86. The Morgan fingerprint density at radius 1 is 1.18 bits per heavy atom. The van der Waals surface area contributed by atoms with Crippen LogP contribution in [0.1, 0.15) is 58.8 Å². The first-order chi connectivity index (χ1) is 15.8. The Kier molecular flexibility index (Phi) is 10.2. The van der Waals surface area contributed by atoms with Crippen molar-refractivity contribution in [1.82, 2.24) is 15.2 Å². The van der Waals surface area contributed by atoms with Crippen LogP contribution in [0.25, 0.3) is 11.3 Å². The molecule has 0 bridgehead atoms. The minimum atomic E-state index is -1.22. The summed E-state index contributed by atoms with van der Waals surface area (Å²) in [5.41, 5.74) is 8.73. The minimum absolute atomic E-state index is 0.0152. The number of hydrogen-bond donors (Lipinski definition) is 5. The molecule has 3 rings (SSSR count). The van der Waals surface area contributed by atoms with E-state index in [0.717, 1.165) is 49.8 Å². The van der Waals surface area contributed by atoms with E-state index in [9.17, 15) is 9.90 Å². The lowest BCUT2D eigenvalue weighted by molar-refractivity contribution is -0.133. The smallest absolute Gasteiger partial charge is 0.358 e. The van der Waals surface area contributed by atoms with Gasteiger partial charge in [-0.3, -0.25) is 10.5 Å². The molecule has 0 amide bonds. The number of ether oxygens (including phenoxy) is 1. The van der Waals surface area contributed by atoms with Crippen molar-refractivity contribution < 1.29 is 19.7 Å². The van der Waals surface area contributed by atoms with Crippen LogP contribution in [0.5, 0.6) is 0 Å². The van der Waals surface area contributed by atoms with Gasteiger partial charge >= 0.3 is 5.97 Å². The van der Waals surface area contributed by atoms with Gasteiger partial charge in [0.25, 0.3) is 0 Å². The lowest BCUT2D eigenvalue weighted by Gasteiger charge is -2.26. The Hall–Kier alpha value is -3.04. The van der Waals surface area contributed by atoms with Crippen molar-refractivity contribution >= 4 is 5.97 Å². The first-order valence-corrected chi connectivity index (χ1v) is 11.5. The fourth-order valence-electron chi connectivity index (χ4n) is 3.72. The van der Waals surface area contributed by atoms with Crippen molar-refractivity contribution in [2.45, 2.75) is 77.0 Å².